The molecule has 0 radical (unpaired) electrons. The van der Waals surface area contributed by atoms with Crippen LogP contribution in [-0.2, 0) is 0 Å². The number of rotatable bonds is 6. The van der Waals surface area contributed by atoms with Crippen LogP contribution >= 0.6 is 0 Å². The molecule has 0 aromatic rings. The Morgan fingerprint density at radius 1 is 1.33 bits per heavy atom. The highest BCUT2D eigenvalue weighted by atomic mass is 14.9. The Hall–Kier alpha value is -0.0800. The van der Waals surface area contributed by atoms with E-state index in [9.17, 15) is 0 Å². The molecular formula is C13H26N2. The van der Waals surface area contributed by atoms with E-state index < -0.39 is 0 Å². The van der Waals surface area contributed by atoms with Crippen molar-refractivity contribution in [1.82, 2.24) is 10.6 Å². The Kier molecular flexibility index (Phi) is 4.45. The van der Waals surface area contributed by atoms with E-state index in [-0.39, 0.29) is 0 Å². The van der Waals surface area contributed by atoms with Crippen molar-refractivity contribution in [2.24, 2.45) is 17.8 Å². The first-order valence-electron chi connectivity index (χ1n) is 6.77. The van der Waals surface area contributed by atoms with E-state index in [4.69, 9.17) is 0 Å². The molecule has 0 aromatic heterocycles. The van der Waals surface area contributed by atoms with E-state index in [1.807, 2.05) is 0 Å². The highest BCUT2D eigenvalue weighted by Gasteiger charge is 2.21. The zero-order valence-electron chi connectivity index (χ0n) is 10.1. The first-order chi connectivity index (χ1) is 7.36. The summed E-state index contributed by atoms with van der Waals surface area (Å²) in [6.45, 7) is 7.42. The molecule has 1 aliphatic heterocycles. The van der Waals surface area contributed by atoms with Crippen LogP contribution < -0.4 is 10.6 Å². The Bertz CT molecular complexity index is 171. The van der Waals surface area contributed by atoms with Gasteiger partial charge in [-0.15, -0.1) is 0 Å². The average molecular weight is 210 g/mol. The van der Waals surface area contributed by atoms with Gasteiger partial charge in [0, 0.05) is 0 Å². The van der Waals surface area contributed by atoms with Crippen molar-refractivity contribution < 1.29 is 0 Å². The van der Waals surface area contributed by atoms with Gasteiger partial charge in [0.1, 0.15) is 0 Å². The molecule has 2 heteroatoms. The second kappa shape index (κ2) is 5.86. The van der Waals surface area contributed by atoms with Gasteiger partial charge in [0.25, 0.3) is 0 Å². The van der Waals surface area contributed by atoms with Gasteiger partial charge in [-0.05, 0) is 76.0 Å². The van der Waals surface area contributed by atoms with E-state index in [1.54, 1.807) is 0 Å². The van der Waals surface area contributed by atoms with Gasteiger partial charge in [-0.2, -0.15) is 0 Å². The predicted molar refractivity (Wildman–Crippen MR) is 65.0 cm³/mol. The third-order valence-electron chi connectivity index (χ3n) is 4.05. The largest absolute Gasteiger partial charge is 0.316 e. The van der Waals surface area contributed by atoms with E-state index in [2.05, 4.69) is 17.6 Å². The van der Waals surface area contributed by atoms with Crippen molar-refractivity contribution in [3.8, 4) is 0 Å². The lowest BCUT2D eigenvalue weighted by Gasteiger charge is -2.28. The molecule has 2 N–H and O–H groups in total. The van der Waals surface area contributed by atoms with Crippen LogP contribution in [0.25, 0.3) is 0 Å². The summed E-state index contributed by atoms with van der Waals surface area (Å²) in [5.74, 6) is 2.85. The summed E-state index contributed by atoms with van der Waals surface area (Å²) in [5.41, 5.74) is 0. The Morgan fingerprint density at radius 2 is 2.20 bits per heavy atom. The summed E-state index contributed by atoms with van der Waals surface area (Å²) >= 11 is 0. The molecular weight excluding hydrogens is 184 g/mol. The molecule has 0 spiro atoms. The standard InChI is InChI=1S/C13H26N2/c1-11(13-3-2-7-14-10-13)6-8-15-9-12-4-5-12/h11-15H,2-10H2,1H3. The maximum Gasteiger partial charge on any atom is -0.00180 e. The maximum absolute atomic E-state index is 3.60. The molecule has 2 unspecified atom stereocenters. The zero-order valence-corrected chi connectivity index (χ0v) is 10.1. The molecule has 1 saturated heterocycles. The summed E-state index contributed by atoms with van der Waals surface area (Å²) in [6, 6.07) is 0. The van der Waals surface area contributed by atoms with Gasteiger partial charge in [0.05, 0.1) is 0 Å². The van der Waals surface area contributed by atoms with Gasteiger partial charge in [0.15, 0.2) is 0 Å². The average Bonchev–Trinajstić information content (AvgIpc) is 3.09. The molecule has 0 aromatic carbocycles. The minimum absolute atomic E-state index is 0.893. The van der Waals surface area contributed by atoms with Crippen molar-refractivity contribution in [3.05, 3.63) is 0 Å². The first-order valence-corrected chi connectivity index (χ1v) is 6.77. The summed E-state index contributed by atoms with van der Waals surface area (Å²) in [5, 5.41) is 7.11. The molecule has 2 rings (SSSR count). The van der Waals surface area contributed by atoms with Crippen LogP contribution in [0, 0.1) is 17.8 Å². The molecule has 2 nitrogen and oxygen atoms in total. The van der Waals surface area contributed by atoms with Gasteiger partial charge in [0.2, 0.25) is 0 Å². The normalized spacial score (nSPS) is 29.0. The van der Waals surface area contributed by atoms with Crippen LogP contribution in [0.1, 0.15) is 39.0 Å². The molecule has 1 aliphatic carbocycles. The first kappa shape index (κ1) is 11.4. The zero-order chi connectivity index (χ0) is 10.5. The number of piperidine rings is 1. The van der Waals surface area contributed by atoms with Crippen LogP contribution in [0.15, 0.2) is 0 Å². The van der Waals surface area contributed by atoms with Gasteiger partial charge in [-0.3, -0.25) is 0 Å². The number of nitrogens with one attached hydrogen (secondary N) is 2. The molecule has 1 heterocycles. The van der Waals surface area contributed by atoms with Crippen molar-refractivity contribution in [2.45, 2.75) is 39.0 Å². The Labute approximate surface area is 94.2 Å². The minimum Gasteiger partial charge on any atom is -0.316 e. The highest BCUT2D eigenvalue weighted by molar-refractivity contribution is 4.77. The summed E-state index contributed by atoms with van der Waals surface area (Å²) < 4.78 is 0. The lowest BCUT2D eigenvalue weighted by Crippen LogP contribution is -2.34. The topological polar surface area (TPSA) is 24.1 Å². The number of hydrogen-bond acceptors (Lipinski definition) is 2. The predicted octanol–water partition coefficient (Wildman–Crippen LogP) is 2.01. The van der Waals surface area contributed by atoms with Crippen molar-refractivity contribution in [2.75, 3.05) is 26.2 Å². The van der Waals surface area contributed by atoms with E-state index >= 15 is 0 Å². The fraction of sp³-hybridized carbons (Fsp3) is 1.00. The van der Waals surface area contributed by atoms with Crippen LogP contribution in [0.5, 0.6) is 0 Å². The van der Waals surface area contributed by atoms with Crippen molar-refractivity contribution in [3.63, 3.8) is 0 Å². The summed E-state index contributed by atoms with van der Waals surface area (Å²) in [7, 11) is 0. The second-order valence-corrected chi connectivity index (χ2v) is 5.52. The van der Waals surface area contributed by atoms with E-state index in [1.165, 1.54) is 58.3 Å². The smallest absolute Gasteiger partial charge is 0.00180 e. The Balaban J connectivity index is 1.52. The molecule has 88 valence electrons. The monoisotopic (exact) mass is 210 g/mol. The van der Waals surface area contributed by atoms with Gasteiger partial charge in [-0.25, -0.2) is 0 Å². The second-order valence-electron chi connectivity index (χ2n) is 5.52. The fourth-order valence-electron chi connectivity index (χ4n) is 2.56. The van der Waals surface area contributed by atoms with Crippen molar-refractivity contribution >= 4 is 0 Å². The molecule has 0 bridgehead atoms. The van der Waals surface area contributed by atoms with Gasteiger partial charge >= 0.3 is 0 Å². The SMILES string of the molecule is CC(CCNCC1CC1)C1CCCNC1. The molecule has 2 atom stereocenters. The quantitative estimate of drug-likeness (QED) is 0.655. The molecule has 1 saturated carbocycles. The van der Waals surface area contributed by atoms with Crippen molar-refractivity contribution in [1.29, 1.82) is 0 Å². The molecule has 0 amide bonds. The third kappa shape index (κ3) is 4.12. The van der Waals surface area contributed by atoms with Gasteiger partial charge in [-0.1, -0.05) is 6.92 Å². The minimum atomic E-state index is 0.893. The summed E-state index contributed by atoms with van der Waals surface area (Å²) in [6.07, 6.45) is 7.12. The van der Waals surface area contributed by atoms with Crippen LogP contribution in [0.4, 0.5) is 0 Å². The highest BCUT2D eigenvalue weighted by Crippen LogP contribution is 2.27. The van der Waals surface area contributed by atoms with Crippen LogP contribution in [0.3, 0.4) is 0 Å². The lowest BCUT2D eigenvalue weighted by molar-refractivity contribution is 0.266. The third-order valence-corrected chi connectivity index (χ3v) is 4.05. The Morgan fingerprint density at radius 3 is 2.87 bits per heavy atom. The summed E-state index contributed by atoms with van der Waals surface area (Å²) in [4.78, 5) is 0. The van der Waals surface area contributed by atoms with Crippen LogP contribution in [0.2, 0.25) is 0 Å². The number of hydrogen-bond donors (Lipinski definition) is 2. The van der Waals surface area contributed by atoms with E-state index in [0.29, 0.717) is 0 Å². The molecule has 15 heavy (non-hydrogen) atoms. The van der Waals surface area contributed by atoms with E-state index in [0.717, 1.165) is 17.8 Å². The lowest BCUT2D eigenvalue weighted by atomic mass is 9.85. The van der Waals surface area contributed by atoms with Gasteiger partial charge < -0.3 is 10.6 Å². The fourth-order valence-corrected chi connectivity index (χ4v) is 2.56. The maximum atomic E-state index is 3.60. The van der Waals surface area contributed by atoms with Crippen LogP contribution in [-0.4, -0.2) is 26.2 Å². The molecule has 2 fully saturated rings. The molecule has 2 aliphatic rings.